The molecule has 0 spiro atoms. The van der Waals surface area contributed by atoms with Gasteiger partial charge in [-0.15, -0.1) is 0 Å². The van der Waals surface area contributed by atoms with Gasteiger partial charge in [0.15, 0.2) is 17.5 Å². The first-order valence-electron chi connectivity index (χ1n) is 4.90. The van der Waals surface area contributed by atoms with Crippen LogP contribution in [0.5, 0.6) is 0 Å². The lowest BCUT2D eigenvalue weighted by atomic mass is 10.2. The second kappa shape index (κ2) is 4.82. The van der Waals surface area contributed by atoms with Gasteiger partial charge in [-0.1, -0.05) is 30.3 Å². The quantitative estimate of drug-likeness (QED) is 0.553. The lowest BCUT2D eigenvalue weighted by Gasteiger charge is -1.98. The van der Waals surface area contributed by atoms with E-state index < -0.39 is 17.5 Å². The first kappa shape index (κ1) is 11.4. The van der Waals surface area contributed by atoms with Crippen LogP contribution in [0.15, 0.2) is 47.5 Å². The highest BCUT2D eigenvalue weighted by Crippen LogP contribution is 2.21. The van der Waals surface area contributed by atoms with Gasteiger partial charge in [0.2, 0.25) is 0 Å². The van der Waals surface area contributed by atoms with E-state index in [1.165, 1.54) is 6.21 Å². The Balaban J connectivity index is 2.31. The summed E-state index contributed by atoms with van der Waals surface area (Å²) < 4.78 is 38.7. The van der Waals surface area contributed by atoms with Gasteiger partial charge in [0, 0.05) is 18.3 Å². The molecule has 0 unspecified atom stereocenters. The van der Waals surface area contributed by atoms with E-state index in [2.05, 4.69) is 4.99 Å². The second-order valence-electron chi connectivity index (χ2n) is 3.39. The van der Waals surface area contributed by atoms with Crippen LogP contribution >= 0.6 is 0 Å². The zero-order valence-electron chi connectivity index (χ0n) is 8.70. The summed E-state index contributed by atoms with van der Waals surface area (Å²) in [6.45, 7) is 0. The van der Waals surface area contributed by atoms with Crippen LogP contribution in [0.1, 0.15) is 5.56 Å². The number of nitrogens with zero attached hydrogens (tertiary/aromatic N) is 1. The molecule has 0 N–H and O–H groups in total. The highest BCUT2D eigenvalue weighted by molar-refractivity contribution is 5.81. The fourth-order valence-corrected chi connectivity index (χ4v) is 1.29. The van der Waals surface area contributed by atoms with Gasteiger partial charge in [0.1, 0.15) is 5.69 Å². The topological polar surface area (TPSA) is 12.4 Å². The molecule has 86 valence electrons. The van der Waals surface area contributed by atoms with Gasteiger partial charge in [-0.3, -0.25) is 4.99 Å². The Kier molecular flexibility index (Phi) is 3.23. The molecule has 0 amide bonds. The third-order valence-corrected chi connectivity index (χ3v) is 2.14. The van der Waals surface area contributed by atoms with Crippen molar-refractivity contribution in [2.75, 3.05) is 0 Å². The van der Waals surface area contributed by atoms with E-state index in [-0.39, 0.29) is 5.69 Å². The Bertz CT molecular complexity index is 550. The van der Waals surface area contributed by atoms with Crippen LogP contribution in [0.2, 0.25) is 0 Å². The molecule has 1 nitrogen and oxygen atoms in total. The molecule has 0 saturated carbocycles. The van der Waals surface area contributed by atoms with Crippen molar-refractivity contribution in [1.82, 2.24) is 0 Å². The number of rotatable bonds is 2. The minimum atomic E-state index is -1.22. The average Bonchev–Trinajstić information content (AvgIpc) is 2.33. The zero-order valence-corrected chi connectivity index (χ0v) is 8.70. The summed E-state index contributed by atoms with van der Waals surface area (Å²) in [5, 5.41) is 0. The summed E-state index contributed by atoms with van der Waals surface area (Å²) >= 11 is 0. The minimum absolute atomic E-state index is 0.229. The van der Waals surface area contributed by atoms with Crippen LogP contribution in [-0.4, -0.2) is 6.21 Å². The number of hydrogen-bond acceptors (Lipinski definition) is 1. The first-order chi connectivity index (χ1) is 8.16. The van der Waals surface area contributed by atoms with Crippen molar-refractivity contribution < 1.29 is 13.2 Å². The van der Waals surface area contributed by atoms with Gasteiger partial charge in [0.25, 0.3) is 0 Å². The lowest BCUT2D eigenvalue weighted by molar-refractivity contribution is 0.496. The molecule has 0 bridgehead atoms. The van der Waals surface area contributed by atoms with Crippen molar-refractivity contribution in [3.8, 4) is 0 Å². The number of hydrogen-bond donors (Lipinski definition) is 0. The highest BCUT2D eigenvalue weighted by Gasteiger charge is 2.08. The van der Waals surface area contributed by atoms with Gasteiger partial charge in [-0.05, 0) is 5.56 Å². The molecule has 2 rings (SSSR count). The van der Waals surface area contributed by atoms with Crippen LogP contribution in [-0.2, 0) is 0 Å². The van der Waals surface area contributed by atoms with E-state index in [0.717, 1.165) is 11.6 Å². The molecule has 0 aliphatic heterocycles. The molecular weight excluding hydrogens is 227 g/mol. The summed E-state index contributed by atoms with van der Waals surface area (Å²) in [6, 6.07) is 10.2. The summed E-state index contributed by atoms with van der Waals surface area (Å²) in [5.41, 5.74) is 0.518. The Morgan fingerprint density at radius 1 is 0.824 bits per heavy atom. The Morgan fingerprint density at radius 2 is 1.47 bits per heavy atom. The lowest BCUT2D eigenvalue weighted by Crippen LogP contribution is -1.87. The Labute approximate surface area is 96.2 Å². The van der Waals surface area contributed by atoms with E-state index >= 15 is 0 Å². The molecule has 2 aromatic rings. The molecule has 0 radical (unpaired) electrons. The Morgan fingerprint density at radius 3 is 2.18 bits per heavy atom. The minimum Gasteiger partial charge on any atom is -0.253 e. The van der Waals surface area contributed by atoms with Crippen LogP contribution in [0.25, 0.3) is 0 Å². The maximum Gasteiger partial charge on any atom is 0.161 e. The SMILES string of the molecule is Fc1cc(F)c(N=Cc2ccccc2)cc1F. The molecule has 2 aromatic carbocycles. The summed E-state index contributed by atoms with van der Waals surface area (Å²) in [6.07, 6.45) is 1.38. The van der Waals surface area contributed by atoms with Crippen LogP contribution < -0.4 is 0 Å². The molecule has 0 heterocycles. The first-order valence-corrected chi connectivity index (χ1v) is 4.90. The largest absolute Gasteiger partial charge is 0.253 e. The monoisotopic (exact) mass is 235 g/mol. The fraction of sp³-hybridized carbons (Fsp3) is 0. The smallest absolute Gasteiger partial charge is 0.161 e. The molecule has 0 aliphatic rings. The second-order valence-corrected chi connectivity index (χ2v) is 3.39. The molecule has 17 heavy (non-hydrogen) atoms. The van der Waals surface area contributed by atoms with Crippen LogP contribution in [0.4, 0.5) is 18.9 Å². The molecule has 0 atom stereocenters. The standard InChI is InChI=1S/C13H8F3N/c14-10-6-12(16)13(7-11(10)15)17-8-9-4-2-1-3-5-9/h1-8H. The average molecular weight is 235 g/mol. The van der Waals surface area contributed by atoms with Crippen molar-refractivity contribution >= 4 is 11.9 Å². The van der Waals surface area contributed by atoms with Crippen LogP contribution in [0.3, 0.4) is 0 Å². The molecule has 0 aromatic heterocycles. The summed E-state index contributed by atoms with van der Waals surface area (Å²) in [5.74, 6) is -3.23. The van der Waals surface area contributed by atoms with Gasteiger partial charge >= 0.3 is 0 Å². The molecule has 0 aliphatic carbocycles. The van der Waals surface area contributed by atoms with Gasteiger partial charge in [0.05, 0.1) is 0 Å². The van der Waals surface area contributed by atoms with Crippen molar-refractivity contribution in [2.45, 2.75) is 0 Å². The third-order valence-electron chi connectivity index (χ3n) is 2.14. The third kappa shape index (κ3) is 2.72. The van der Waals surface area contributed by atoms with E-state index in [4.69, 9.17) is 0 Å². The van der Waals surface area contributed by atoms with E-state index in [0.29, 0.717) is 6.07 Å². The van der Waals surface area contributed by atoms with E-state index in [1.807, 2.05) is 6.07 Å². The van der Waals surface area contributed by atoms with Gasteiger partial charge in [-0.2, -0.15) is 0 Å². The highest BCUT2D eigenvalue weighted by atomic mass is 19.2. The summed E-state index contributed by atoms with van der Waals surface area (Å²) in [4.78, 5) is 3.77. The maximum absolute atomic E-state index is 13.2. The fourth-order valence-electron chi connectivity index (χ4n) is 1.29. The molecule has 0 saturated heterocycles. The summed E-state index contributed by atoms with van der Waals surface area (Å²) in [7, 11) is 0. The van der Waals surface area contributed by atoms with Gasteiger partial charge < -0.3 is 0 Å². The van der Waals surface area contributed by atoms with E-state index in [9.17, 15) is 13.2 Å². The van der Waals surface area contributed by atoms with Crippen molar-refractivity contribution in [2.24, 2.45) is 4.99 Å². The van der Waals surface area contributed by atoms with E-state index in [1.54, 1.807) is 24.3 Å². The normalized spacial score (nSPS) is 11.0. The number of aliphatic imine (C=N–C) groups is 1. The van der Waals surface area contributed by atoms with Crippen LogP contribution in [0, 0.1) is 17.5 Å². The predicted molar refractivity (Wildman–Crippen MR) is 60.0 cm³/mol. The van der Waals surface area contributed by atoms with Crippen molar-refractivity contribution in [1.29, 1.82) is 0 Å². The predicted octanol–water partition coefficient (Wildman–Crippen LogP) is 3.85. The maximum atomic E-state index is 13.2. The number of benzene rings is 2. The van der Waals surface area contributed by atoms with Crippen molar-refractivity contribution in [3.05, 3.63) is 65.5 Å². The molecular formula is C13H8F3N. The van der Waals surface area contributed by atoms with Gasteiger partial charge in [-0.25, -0.2) is 13.2 Å². The molecule has 4 heteroatoms. The van der Waals surface area contributed by atoms with Crippen molar-refractivity contribution in [3.63, 3.8) is 0 Å². The molecule has 0 fully saturated rings. The Hall–Kier alpha value is -2.10. The zero-order chi connectivity index (χ0) is 12.3. The number of halogens is 3.